The van der Waals surface area contributed by atoms with Crippen molar-refractivity contribution < 1.29 is 70.4 Å². The molecule has 1 fully saturated rings. The molecule has 0 aromatic carbocycles. The number of carbonyl (C=O) groups is 6. The van der Waals surface area contributed by atoms with Crippen molar-refractivity contribution >= 4 is 35.8 Å². The lowest BCUT2D eigenvalue weighted by Gasteiger charge is -2.24. The van der Waals surface area contributed by atoms with Gasteiger partial charge in [-0.2, -0.15) is 0 Å². The molecule has 14 heteroatoms. The molecule has 0 aromatic heterocycles. The Labute approximate surface area is 219 Å². The number of hydrogen-bond acceptors (Lipinski definition) is 6. The molecule has 0 spiro atoms. The first-order chi connectivity index (χ1) is 16.9. The lowest BCUT2D eigenvalue weighted by Crippen LogP contribution is -2.32. The molecule has 0 amide bonds. The van der Waals surface area contributed by atoms with Gasteiger partial charge in [-0.1, -0.05) is 38.5 Å². The maximum absolute atomic E-state index is 11.8. The summed E-state index contributed by atoms with van der Waals surface area (Å²) in [5.41, 5.74) is 0. The van der Waals surface area contributed by atoms with Crippen LogP contribution in [0.3, 0.4) is 0 Å². The molecule has 6 unspecified atom stereocenters. The van der Waals surface area contributed by atoms with Gasteiger partial charge < -0.3 is 41.6 Å². The van der Waals surface area contributed by atoms with Gasteiger partial charge in [0.25, 0.3) is 0 Å². The van der Waals surface area contributed by atoms with Crippen LogP contribution in [0.2, 0.25) is 0 Å². The van der Waals surface area contributed by atoms with Gasteiger partial charge in [0.1, 0.15) is 0 Å². The summed E-state index contributed by atoms with van der Waals surface area (Å²) in [6.07, 6.45) is 1.12. The largest absolute Gasteiger partial charge is 0.481 e. The Bertz CT molecular complexity index is 810. The lowest BCUT2D eigenvalue weighted by molar-refractivity contribution is -0.155. The summed E-state index contributed by atoms with van der Waals surface area (Å²) in [6, 6.07) is 0. The van der Waals surface area contributed by atoms with Crippen molar-refractivity contribution in [3.8, 4) is 0 Å². The van der Waals surface area contributed by atoms with E-state index in [1.54, 1.807) is 0 Å². The quantitative estimate of drug-likeness (QED) is 0.271. The second-order valence-corrected chi connectivity index (χ2v) is 9.52. The van der Waals surface area contributed by atoms with E-state index in [1.807, 2.05) is 0 Å². The summed E-state index contributed by atoms with van der Waals surface area (Å²) in [6.45, 7) is 0. The maximum atomic E-state index is 11.8. The van der Waals surface area contributed by atoms with Gasteiger partial charge in [-0.15, -0.1) is 0 Å². The van der Waals surface area contributed by atoms with Crippen LogP contribution in [0, 0.1) is 35.5 Å². The van der Waals surface area contributed by atoms with Crippen molar-refractivity contribution in [2.75, 3.05) is 0 Å². The van der Waals surface area contributed by atoms with Crippen molar-refractivity contribution in [2.24, 2.45) is 35.5 Å². The molecule has 0 radical (unpaired) electrons. The van der Waals surface area contributed by atoms with Gasteiger partial charge in [-0.25, -0.2) is 0 Å². The van der Waals surface area contributed by atoms with E-state index in [0.717, 1.165) is 0 Å². The zero-order valence-corrected chi connectivity index (χ0v) is 21.1. The molecule has 1 aliphatic rings. The second kappa shape index (κ2) is 18.1. The van der Waals surface area contributed by atoms with Crippen LogP contribution in [0.1, 0.15) is 77.0 Å². The maximum Gasteiger partial charge on any atom is 0.307 e. The predicted octanol–water partition coefficient (Wildman–Crippen LogP) is 1.24. The van der Waals surface area contributed by atoms with Gasteiger partial charge >= 0.3 is 35.8 Å². The fourth-order valence-electron chi connectivity index (χ4n) is 5.17. The molecule has 220 valence electrons. The molecular formula is C24H40O14. The van der Waals surface area contributed by atoms with E-state index in [1.165, 1.54) is 0 Å². The number of carboxylic acid groups (broad SMARTS) is 6. The van der Waals surface area contributed by atoms with Crippen LogP contribution in [0.5, 0.6) is 0 Å². The van der Waals surface area contributed by atoms with Crippen LogP contribution < -0.4 is 0 Å². The SMILES string of the molecule is O.O.O=C(O)C1CCCCCC(C(=O)O)C(C(=O)O)CCCC(C(=O)O)C(C(=O)O)CCCCC1C(=O)O. The molecule has 14 nitrogen and oxygen atoms in total. The minimum Gasteiger partial charge on any atom is -0.481 e. The normalized spacial score (nSPS) is 28.1. The van der Waals surface area contributed by atoms with Crippen molar-refractivity contribution in [1.29, 1.82) is 0 Å². The van der Waals surface area contributed by atoms with Crippen LogP contribution in [0.25, 0.3) is 0 Å². The molecule has 6 atom stereocenters. The highest BCUT2D eigenvalue weighted by Gasteiger charge is 2.37. The Morgan fingerprint density at radius 3 is 0.658 bits per heavy atom. The molecule has 0 heterocycles. The highest BCUT2D eigenvalue weighted by Crippen LogP contribution is 2.32. The Morgan fingerprint density at radius 2 is 0.474 bits per heavy atom. The average Bonchev–Trinajstić information content (AvgIpc) is 2.76. The second-order valence-electron chi connectivity index (χ2n) is 9.52. The Morgan fingerprint density at radius 1 is 0.316 bits per heavy atom. The summed E-state index contributed by atoms with van der Waals surface area (Å²) in [5.74, 6) is -15.5. The van der Waals surface area contributed by atoms with E-state index in [2.05, 4.69) is 0 Å². The molecular weight excluding hydrogens is 512 g/mol. The predicted molar refractivity (Wildman–Crippen MR) is 129 cm³/mol. The van der Waals surface area contributed by atoms with Gasteiger partial charge in [0.2, 0.25) is 0 Å². The smallest absolute Gasteiger partial charge is 0.307 e. The number of aliphatic carboxylic acids is 6. The van der Waals surface area contributed by atoms with Gasteiger partial charge in [0.15, 0.2) is 0 Å². The number of hydrogen-bond donors (Lipinski definition) is 6. The first-order valence-electron chi connectivity index (χ1n) is 12.2. The summed E-state index contributed by atoms with van der Waals surface area (Å²) in [4.78, 5) is 70.8. The molecule has 1 saturated carbocycles. The van der Waals surface area contributed by atoms with E-state index in [-0.39, 0.29) is 68.7 Å². The van der Waals surface area contributed by atoms with Gasteiger partial charge in [0, 0.05) is 0 Å². The summed E-state index contributed by atoms with van der Waals surface area (Å²) >= 11 is 0. The standard InChI is InChI=1S/C24H36O12.2H2O/c25-19(26)13-7-2-1-3-8-14(20(27)28)17(23(33)34)11-6-12-18(24(35)36)16(22(31)32)10-5-4-9-15(13)21(29)30;;/h13-18H,1-12H2,(H,25,26)(H,27,28)(H,29,30)(H,31,32)(H,33,34)(H,35,36);2*1H2. The highest BCUT2D eigenvalue weighted by atomic mass is 16.4. The topological polar surface area (TPSA) is 287 Å². The van der Waals surface area contributed by atoms with Crippen molar-refractivity contribution in [1.82, 2.24) is 0 Å². The lowest BCUT2D eigenvalue weighted by atomic mass is 9.79. The van der Waals surface area contributed by atoms with Gasteiger partial charge in [-0.05, 0) is 38.5 Å². The van der Waals surface area contributed by atoms with Crippen molar-refractivity contribution in [3.05, 3.63) is 0 Å². The van der Waals surface area contributed by atoms with E-state index in [0.29, 0.717) is 19.3 Å². The van der Waals surface area contributed by atoms with E-state index in [4.69, 9.17) is 0 Å². The average molecular weight is 553 g/mol. The van der Waals surface area contributed by atoms with Crippen LogP contribution in [0.4, 0.5) is 0 Å². The number of carboxylic acids is 6. The minimum absolute atomic E-state index is 0. The third-order valence-corrected chi connectivity index (χ3v) is 7.20. The van der Waals surface area contributed by atoms with Gasteiger partial charge in [-0.3, -0.25) is 28.8 Å². The molecule has 1 rings (SSSR count). The minimum atomic E-state index is -1.37. The molecule has 0 bridgehead atoms. The third-order valence-electron chi connectivity index (χ3n) is 7.20. The van der Waals surface area contributed by atoms with Crippen LogP contribution in [0.15, 0.2) is 0 Å². The molecule has 1 aliphatic carbocycles. The van der Waals surface area contributed by atoms with Crippen LogP contribution in [-0.4, -0.2) is 77.4 Å². The van der Waals surface area contributed by atoms with Gasteiger partial charge in [0.05, 0.1) is 35.5 Å². The zero-order valence-electron chi connectivity index (χ0n) is 21.1. The van der Waals surface area contributed by atoms with E-state index >= 15 is 0 Å². The Balaban J connectivity index is 0. The summed E-state index contributed by atoms with van der Waals surface area (Å²) in [7, 11) is 0. The first kappa shape index (κ1) is 36.9. The van der Waals surface area contributed by atoms with Crippen molar-refractivity contribution in [2.45, 2.75) is 77.0 Å². The van der Waals surface area contributed by atoms with Crippen LogP contribution >= 0.6 is 0 Å². The zero-order chi connectivity index (χ0) is 27.4. The summed E-state index contributed by atoms with van der Waals surface area (Å²) in [5, 5.41) is 57.6. The molecule has 0 saturated heterocycles. The molecule has 10 N–H and O–H groups in total. The van der Waals surface area contributed by atoms with E-state index in [9.17, 15) is 59.4 Å². The van der Waals surface area contributed by atoms with E-state index < -0.39 is 71.3 Å². The fourth-order valence-corrected chi connectivity index (χ4v) is 5.17. The molecule has 0 aliphatic heterocycles. The third kappa shape index (κ3) is 11.4. The number of rotatable bonds is 6. The Kier molecular flexibility index (Phi) is 17.5. The monoisotopic (exact) mass is 552 g/mol. The summed E-state index contributed by atoms with van der Waals surface area (Å²) < 4.78 is 0. The highest BCUT2D eigenvalue weighted by molar-refractivity contribution is 5.81. The molecule has 38 heavy (non-hydrogen) atoms. The molecule has 0 aromatic rings. The Hall–Kier alpha value is -3.26. The fraction of sp³-hybridized carbons (Fsp3) is 0.750. The first-order valence-corrected chi connectivity index (χ1v) is 12.2. The van der Waals surface area contributed by atoms with Crippen molar-refractivity contribution in [3.63, 3.8) is 0 Å². The van der Waals surface area contributed by atoms with Crippen LogP contribution in [-0.2, 0) is 28.8 Å².